The van der Waals surface area contributed by atoms with Gasteiger partial charge in [-0.15, -0.1) is 0 Å². The maximum absolute atomic E-state index is 14.4. The Bertz CT molecular complexity index is 550. The van der Waals surface area contributed by atoms with Crippen LogP contribution in [0.5, 0.6) is 0 Å². The van der Waals surface area contributed by atoms with Gasteiger partial charge in [-0.1, -0.05) is 0 Å². The van der Waals surface area contributed by atoms with Gasteiger partial charge in [0, 0.05) is 6.20 Å². The molecule has 0 radical (unpaired) electrons. The minimum Gasteiger partial charge on any atom is -0.394 e. The van der Waals surface area contributed by atoms with Gasteiger partial charge in [-0.3, -0.25) is 4.57 Å². The molecule has 0 spiro atoms. The van der Waals surface area contributed by atoms with E-state index >= 15 is 0 Å². The molecule has 18 heavy (non-hydrogen) atoms. The van der Waals surface area contributed by atoms with Gasteiger partial charge in [0.2, 0.25) is 0 Å². The largest absolute Gasteiger partial charge is 0.394 e. The van der Waals surface area contributed by atoms with E-state index in [0.717, 1.165) is 4.57 Å². The van der Waals surface area contributed by atoms with E-state index in [1.165, 1.54) is 12.3 Å². The van der Waals surface area contributed by atoms with Crippen LogP contribution in [0.3, 0.4) is 0 Å². The van der Waals surface area contributed by atoms with Gasteiger partial charge in [0.25, 0.3) is 0 Å². The quantitative estimate of drug-likeness (QED) is 0.577. The molecule has 4 N–H and O–H groups in total. The molecular weight excluding hydrogens is 245 g/mol. The predicted molar refractivity (Wildman–Crippen MR) is 57.5 cm³/mol. The summed E-state index contributed by atoms with van der Waals surface area (Å²) < 4.78 is 20.7. The van der Waals surface area contributed by atoms with Crippen molar-refractivity contribution in [1.82, 2.24) is 9.55 Å². The van der Waals surface area contributed by atoms with Crippen molar-refractivity contribution in [2.45, 2.75) is 30.0 Å². The molecule has 0 aromatic carbocycles. The lowest BCUT2D eigenvalue weighted by molar-refractivity contribution is -0.0481. The monoisotopic (exact) mass is 257 g/mol. The molecule has 1 aromatic heterocycles. The lowest BCUT2D eigenvalue weighted by Gasteiger charge is -2.19. The fraction of sp³-hybridized carbons (Fsp3) is 0.600. The van der Waals surface area contributed by atoms with Gasteiger partial charge in [-0.05, 0) is 6.07 Å². The van der Waals surface area contributed by atoms with Crippen LogP contribution in [0.15, 0.2) is 17.1 Å². The average Bonchev–Trinajstić information content (AvgIpc) is 2.82. The van der Waals surface area contributed by atoms with Crippen LogP contribution >= 0.6 is 0 Å². The van der Waals surface area contributed by atoms with Crippen LogP contribution in [0.2, 0.25) is 0 Å². The third-order valence-electron chi connectivity index (χ3n) is 3.53. The molecule has 2 aliphatic rings. The lowest BCUT2D eigenvalue weighted by atomic mass is 10.1. The molecule has 2 fully saturated rings. The van der Waals surface area contributed by atoms with E-state index in [1.807, 2.05) is 0 Å². The highest BCUT2D eigenvalue weighted by molar-refractivity contribution is 5.30. The zero-order valence-electron chi connectivity index (χ0n) is 9.23. The third-order valence-corrected chi connectivity index (χ3v) is 3.53. The Hall–Kier alpha value is -1.51. The summed E-state index contributed by atoms with van der Waals surface area (Å²) in [5, 5.41) is 18.6. The van der Waals surface area contributed by atoms with E-state index in [9.17, 15) is 14.3 Å². The number of ether oxygens (including phenoxy) is 1. The molecule has 1 saturated carbocycles. The van der Waals surface area contributed by atoms with Crippen molar-refractivity contribution >= 4 is 5.82 Å². The van der Waals surface area contributed by atoms with Crippen LogP contribution in [0.25, 0.3) is 0 Å². The summed E-state index contributed by atoms with van der Waals surface area (Å²) in [7, 11) is 0. The Morgan fingerprint density at radius 3 is 2.89 bits per heavy atom. The topological polar surface area (TPSA) is 111 Å². The summed E-state index contributed by atoms with van der Waals surface area (Å²) in [6.45, 7) is -0.467. The van der Waals surface area contributed by atoms with E-state index in [2.05, 4.69) is 4.98 Å². The molecule has 1 aliphatic carbocycles. The first-order valence-electron chi connectivity index (χ1n) is 5.48. The molecule has 5 atom stereocenters. The number of nitrogen functional groups attached to an aromatic ring is 1. The number of nitrogens with zero attached hydrogens (tertiary/aromatic N) is 2. The summed E-state index contributed by atoms with van der Waals surface area (Å²) in [5.41, 5.74) is 2.60. The summed E-state index contributed by atoms with van der Waals surface area (Å²) in [5.74, 6) is 0.0460. The van der Waals surface area contributed by atoms with Gasteiger partial charge in [-0.25, -0.2) is 9.18 Å². The number of hydrogen-bond acceptors (Lipinski definition) is 6. The molecule has 98 valence electrons. The summed E-state index contributed by atoms with van der Waals surface area (Å²) >= 11 is 0. The predicted octanol–water partition coefficient (Wildman–Crippen LogP) is -1.79. The number of aromatic nitrogens is 2. The van der Waals surface area contributed by atoms with Crippen molar-refractivity contribution in [1.29, 1.82) is 0 Å². The highest BCUT2D eigenvalue weighted by Crippen LogP contribution is 2.60. The zero-order valence-corrected chi connectivity index (χ0v) is 9.23. The SMILES string of the molecule is Nc1ccn([C@@H]2C3OC(CO)C(O)[C@]32F)c(=O)n1. The van der Waals surface area contributed by atoms with Crippen LogP contribution in [-0.4, -0.2) is 50.4 Å². The van der Waals surface area contributed by atoms with Crippen LogP contribution in [0, 0.1) is 0 Å². The summed E-state index contributed by atoms with van der Waals surface area (Å²) in [6.07, 6.45) is -2.03. The van der Waals surface area contributed by atoms with Crippen LogP contribution in [0.4, 0.5) is 10.2 Å². The Balaban J connectivity index is 1.93. The van der Waals surface area contributed by atoms with Crippen LogP contribution in [0.1, 0.15) is 6.04 Å². The average molecular weight is 257 g/mol. The van der Waals surface area contributed by atoms with E-state index < -0.39 is 42.3 Å². The lowest BCUT2D eigenvalue weighted by Crippen LogP contribution is -2.39. The van der Waals surface area contributed by atoms with E-state index in [1.54, 1.807) is 0 Å². The number of halogens is 1. The molecular formula is C10H12FN3O4. The second-order valence-electron chi connectivity index (χ2n) is 4.54. The molecule has 8 heteroatoms. The molecule has 0 bridgehead atoms. The number of rotatable bonds is 2. The molecule has 7 nitrogen and oxygen atoms in total. The number of alkyl halides is 1. The van der Waals surface area contributed by atoms with Gasteiger partial charge in [0.05, 0.1) is 6.61 Å². The highest BCUT2D eigenvalue weighted by Gasteiger charge is 2.79. The van der Waals surface area contributed by atoms with Gasteiger partial charge < -0.3 is 20.7 Å². The minimum absolute atomic E-state index is 0.0460. The Morgan fingerprint density at radius 1 is 1.67 bits per heavy atom. The number of aliphatic hydroxyl groups excluding tert-OH is 2. The highest BCUT2D eigenvalue weighted by atomic mass is 19.1. The van der Waals surface area contributed by atoms with Crippen molar-refractivity contribution in [3.8, 4) is 0 Å². The Kier molecular flexibility index (Phi) is 2.25. The maximum atomic E-state index is 14.4. The summed E-state index contributed by atoms with van der Waals surface area (Å²) in [6, 6.07) is 0.449. The van der Waals surface area contributed by atoms with E-state index in [-0.39, 0.29) is 5.82 Å². The molecule has 3 unspecified atom stereocenters. The van der Waals surface area contributed by atoms with Crippen molar-refractivity contribution in [2.75, 3.05) is 12.3 Å². The third kappa shape index (κ3) is 1.27. The second kappa shape index (κ2) is 3.50. The number of fused-ring (bicyclic) bond motifs is 1. The first kappa shape index (κ1) is 11.6. The van der Waals surface area contributed by atoms with E-state index in [0.29, 0.717) is 0 Å². The molecule has 3 rings (SSSR count). The first-order chi connectivity index (χ1) is 8.50. The number of aliphatic hydroxyl groups is 2. The molecule has 2 heterocycles. The normalized spacial score (nSPS) is 41.7. The van der Waals surface area contributed by atoms with Gasteiger partial charge >= 0.3 is 5.69 Å². The first-order valence-corrected chi connectivity index (χ1v) is 5.48. The fourth-order valence-corrected chi connectivity index (χ4v) is 2.54. The number of nitrogens with two attached hydrogens (primary N) is 1. The van der Waals surface area contributed by atoms with Crippen molar-refractivity contribution in [2.24, 2.45) is 0 Å². The van der Waals surface area contributed by atoms with Crippen LogP contribution < -0.4 is 11.4 Å². The molecule has 1 saturated heterocycles. The van der Waals surface area contributed by atoms with Gasteiger partial charge in [0.15, 0.2) is 5.67 Å². The number of hydrogen-bond donors (Lipinski definition) is 3. The molecule has 0 amide bonds. The maximum Gasteiger partial charge on any atom is 0.349 e. The molecule has 1 aromatic rings. The smallest absolute Gasteiger partial charge is 0.349 e. The number of anilines is 1. The standard InChI is InChI=1S/C10H12FN3O4/c11-10-6(8(10)18-4(3-15)7(10)16)14-2-1-5(12)13-9(14)17/h1-2,4,6-8,15-16H,3H2,(H2,12,13,17)/t4?,6-,7?,8?,10+/m1/s1. The van der Waals surface area contributed by atoms with Gasteiger partial charge in [-0.2, -0.15) is 4.98 Å². The van der Waals surface area contributed by atoms with Gasteiger partial charge in [0.1, 0.15) is 30.2 Å². The summed E-state index contributed by atoms with van der Waals surface area (Å²) in [4.78, 5) is 15.1. The van der Waals surface area contributed by atoms with Crippen molar-refractivity contribution in [3.63, 3.8) is 0 Å². The van der Waals surface area contributed by atoms with E-state index in [4.69, 9.17) is 15.6 Å². The zero-order chi connectivity index (χ0) is 13.1. The molecule has 1 aliphatic heterocycles. The Morgan fingerprint density at radius 2 is 2.39 bits per heavy atom. The fourth-order valence-electron chi connectivity index (χ4n) is 2.54. The van der Waals surface area contributed by atoms with Crippen molar-refractivity contribution < 1.29 is 19.3 Å². The minimum atomic E-state index is -2.05. The van der Waals surface area contributed by atoms with Crippen LogP contribution in [-0.2, 0) is 4.74 Å². The Labute approximate surface area is 101 Å². The van der Waals surface area contributed by atoms with Crippen molar-refractivity contribution in [3.05, 3.63) is 22.7 Å². The second-order valence-corrected chi connectivity index (χ2v) is 4.54.